The molecule has 2 aromatic heterocycles. The molecule has 3 rings (SSSR count). The van der Waals surface area contributed by atoms with Gasteiger partial charge in [-0.05, 0) is 12.0 Å². The van der Waals surface area contributed by atoms with Crippen LogP contribution < -0.4 is 5.32 Å². The minimum absolute atomic E-state index is 0.0709. The Morgan fingerprint density at radius 2 is 2.12 bits per heavy atom. The molecular formula is C15H20N4O4S2. The largest absolute Gasteiger partial charge is 0.379 e. The Hall–Kier alpha value is -1.75. The zero-order valence-electron chi connectivity index (χ0n) is 14.0. The van der Waals surface area contributed by atoms with E-state index >= 15 is 0 Å². The number of hydrogen-bond acceptors (Lipinski definition) is 6. The van der Waals surface area contributed by atoms with E-state index in [0.717, 1.165) is 5.69 Å². The number of amides is 1. The van der Waals surface area contributed by atoms with Gasteiger partial charge < -0.3 is 9.72 Å². The topological polar surface area (TPSA) is 104 Å². The number of H-pyrrole nitrogens is 1. The summed E-state index contributed by atoms with van der Waals surface area (Å²) < 4.78 is 31.7. The lowest BCUT2D eigenvalue weighted by atomic mass is 10.2. The van der Waals surface area contributed by atoms with Gasteiger partial charge in [0.15, 0.2) is 5.13 Å². The fraction of sp³-hybridized carbons (Fsp3) is 0.467. The molecule has 0 aromatic carbocycles. The minimum Gasteiger partial charge on any atom is -0.379 e. The first kappa shape index (κ1) is 18.1. The summed E-state index contributed by atoms with van der Waals surface area (Å²) in [7, 11) is -3.63. The summed E-state index contributed by atoms with van der Waals surface area (Å²) in [4.78, 5) is 19.4. The molecule has 1 aliphatic rings. The summed E-state index contributed by atoms with van der Waals surface area (Å²) in [6.45, 7) is 5.42. The van der Waals surface area contributed by atoms with Gasteiger partial charge >= 0.3 is 0 Å². The maximum absolute atomic E-state index is 12.6. The molecule has 2 aromatic rings. The van der Waals surface area contributed by atoms with Gasteiger partial charge in [-0.3, -0.25) is 10.1 Å². The number of nitrogens with one attached hydrogen (secondary N) is 2. The van der Waals surface area contributed by atoms with Gasteiger partial charge in [-0.25, -0.2) is 13.4 Å². The molecule has 1 aliphatic heterocycles. The van der Waals surface area contributed by atoms with Gasteiger partial charge in [-0.2, -0.15) is 4.31 Å². The van der Waals surface area contributed by atoms with Crippen LogP contribution in [0.4, 0.5) is 5.13 Å². The number of carbonyl (C=O) groups is 1. The number of rotatable bonds is 5. The highest BCUT2D eigenvalue weighted by Crippen LogP contribution is 2.23. The highest BCUT2D eigenvalue weighted by molar-refractivity contribution is 7.89. The molecule has 0 unspecified atom stereocenters. The van der Waals surface area contributed by atoms with E-state index < -0.39 is 15.9 Å². The van der Waals surface area contributed by atoms with Gasteiger partial charge in [0.25, 0.3) is 5.91 Å². The number of thiazole rings is 1. The average molecular weight is 384 g/mol. The van der Waals surface area contributed by atoms with Crippen molar-refractivity contribution in [3.05, 3.63) is 29.0 Å². The van der Waals surface area contributed by atoms with Crippen LogP contribution >= 0.6 is 11.3 Å². The van der Waals surface area contributed by atoms with Gasteiger partial charge in [0.05, 0.1) is 18.9 Å². The van der Waals surface area contributed by atoms with Crippen LogP contribution in [0.1, 0.15) is 35.9 Å². The molecule has 0 saturated carbocycles. The van der Waals surface area contributed by atoms with E-state index in [2.05, 4.69) is 15.3 Å². The number of anilines is 1. The van der Waals surface area contributed by atoms with Crippen LogP contribution in [0, 0.1) is 0 Å². The first-order valence-electron chi connectivity index (χ1n) is 7.91. The summed E-state index contributed by atoms with van der Waals surface area (Å²) in [6.07, 6.45) is 1.33. The molecule has 0 atom stereocenters. The third kappa shape index (κ3) is 3.92. The van der Waals surface area contributed by atoms with Crippen molar-refractivity contribution in [2.24, 2.45) is 0 Å². The number of hydrogen-bond donors (Lipinski definition) is 2. The quantitative estimate of drug-likeness (QED) is 0.819. The molecular weight excluding hydrogens is 364 g/mol. The van der Waals surface area contributed by atoms with E-state index in [1.807, 2.05) is 19.2 Å². The maximum Gasteiger partial charge on any atom is 0.273 e. The monoisotopic (exact) mass is 384 g/mol. The van der Waals surface area contributed by atoms with Crippen molar-refractivity contribution in [3.8, 4) is 0 Å². The normalized spacial score (nSPS) is 16.3. The molecule has 0 spiro atoms. The van der Waals surface area contributed by atoms with Gasteiger partial charge in [-0.1, -0.05) is 13.8 Å². The molecule has 0 bridgehead atoms. The number of carbonyl (C=O) groups excluding carboxylic acids is 1. The predicted octanol–water partition coefficient (Wildman–Crippen LogP) is 1.87. The summed E-state index contributed by atoms with van der Waals surface area (Å²) >= 11 is 1.34. The van der Waals surface area contributed by atoms with E-state index in [0.29, 0.717) is 31.4 Å². The number of aromatic amines is 1. The van der Waals surface area contributed by atoms with Gasteiger partial charge in [0.2, 0.25) is 10.0 Å². The number of morpholine rings is 1. The van der Waals surface area contributed by atoms with Crippen LogP contribution in [-0.4, -0.2) is 54.9 Å². The van der Waals surface area contributed by atoms with Crippen molar-refractivity contribution in [1.29, 1.82) is 0 Å². The second-order valence-corrected chi connectivity index (χ2v) is 8.75. The molecule has 10 heteroatoms. The fourth-order valence-electron chi connectivity index (χ4n) is 2.36. The lowest BCUT2D eigenvalue weighted by molar-refractivity contribution is 0.0730. The molecule has 1 fully saturated rings. The van der Waals surface area contributed by atoms with Crippen LogP contribution in [-0.2, 0) is 14.8 Å². The van der Waals surface area contributed by atoms with Crippen molar-refractivity contribution in [2.75, 3.05) is 31.6 Å². The summed E-state index contributed by atoms with van der Waals surface area (Å²) in [6, 6.07) is 1.34. The molecule has 25 heavy (non-hydrogen) atoms. The Kier molecular flexibility index (Phi) is 5.23. The van der Waals surface area contributed by atoms with Crippen LogP contribution in [0.15, 0.2) is 22.5 Å². The second kappa shape index (κ2) is 7.24. The zero-order chi connectivity index (χ0) is 18.0. The van der Waals surface area contributed by atoms with Crippen molar-refractivity contribution < 1.29 is 17.9 Å². The molecule has 0 radical (unpaired) electrons. The highest BCUT2D eigenvalue weighted by Gasteiger charge is 2.28. The van der Waals surface area contributed by atoms with E-state index in [1.54, 1.807) is 0 Å². The Bertz CT molecular complexity index is 851. The van der Waals surface area contributed by atoms with Gasteiger partial charge in [0, 0.05) is 24.7 Å². The average Bonchev–Trinajstić information content (AvgIpc) is 3.25. The predicted molar refractivity (Wildman–Crippen MR) is 94.5 cm³/mol. The standard InChI is InChI=1S/C15H20N4O4S2/c1-10(2)13-9-24-15(17-13)18-14(20)12-7-11(8-16-12)25(21,22)19-3-5-23-6-4-19/h7-10,16H,3-6H2,1-2H3,(H,17,18,20). The zero-order valence-corrected chi connectivity index (χ0v) is 15.6. The highest BCUT2D eigenvalue weighted by atomic mass is 32.2. The van der Waals surface area contributed by atoms with Gasteiger partial charge in [0.1, 0.15) is 10.6 Å². The molecule has 0 aliphatic carbocycles. The van der Waals surface area contributed by atoms with E-state index in [-0.39, 0.29) is 16.5 Å². The van der Waals surface area contributed by atoms with E-state index in [9.17, 15) is 13.2 Å². The second-order valence-electron chi connectivity index (χ2n) is 5.95. The van der Waals surface area contributed by atoms with E-state index in [4.69, 9.17) is 4.74 Å². The van der Waals surface area contributed by atoms with Crippen LogP contribution in [0.5, 0.6) is 0 Å². The Labute approximate surface area is 150 Å². The lowest BCUT2D eigenvalue weighted by Crippen LogP contribution is -2.40. The maximum atomic E-state index is 12.6. The number of nitrogens with zero attached hydrogens (tertiary/aromatic N) is 2. The van der Waals surface area contributed by atoms with Crippen LogP contribution in [0.25, 0.3) is 0 Å². The van der Waals surface area contributed by atoms with E-state index in [1.165, 1.54) is 27.9 Å². The minimum atomic E-state index is -3.63. The Morgan fingerprint density at radius 3 is 2.76 bits per heavy atom. The van der Waals surface area contributed by atoms with Crippen LogP contribution in [0.3, 0.4) is 0 Å². The molecule has 3 heterocycles. The van der Waals surface area contributed by atoms with Crippen molar-refractivity contribution in [1.82, 2.24) is 14.3 Å². The number of aromatic nitrogens is 2. The van der Waals surface area contributed by atoms with Gasteiger partial charge in [-0.15, -0.1) is 11.3 Å². The third-order valence-corrected chi connectivity index (χ3v) is 6.50. The smallest absolute Gasteiger partial charge is 0.273 e. The molecule has 8 nitrogen and oxygen atoms in total. The Balaban J connectivity index is 1.72. The lowest BCUT2D eigenvalue weighted by Gasteiger charge is -2.25. The summed E-state index contributed by atoms with van der Waals surface area (Å²) in [5.74, 6) is -0.147. The molecule has 1 amide bonds. The SMILES string of the molecule is CC(C)c1csc(NC(=O)c2cc(S(=O)(=O)N3CCOCC3)c[nH]2)n1. The van der Waals surface area contributed by atoms with Crippen molar-refractivity contribution in [2.45, 2.75) is 24.7 Å². The fourth-order valence-corrected chi connectivity index (χ4v) is 4.63. The first-order valence-corrected chi connectivity index (χ1v) is 10.2. The molecule has 1 saturated heterocycles. The Morgan fingerprint density at radius 1 is 1.40 bits per heavy atom. The first-order chi connectivity index (χ1) is 11.9. The number of sulfonamides is 1. The molecule has 2 N–H and O–H groups in total. The third-order valence-electron chi connectivity index (χ3n) is 3.84. The summed E-state index contributed by atoms with van der Waals surface area (Å²) in [5.41, 5.74) is 1.08. The van der Waals surface area contributed by atoms with Crippen molar-refractivity contribution in [3.63, 3.8) is 0 Å². The van der Waals surface area contributed by atoms with Crippen LogP contribution in [0.2, 0.25) is 0 Å². The molecule has 136 valence electrons. The number of ether oxygens (including phenoxy) is 1. The van der Waals surface area contributed by atoms with Crippen molar-refractivity contribution >= 4 is 32.4 Å². The summed E-state index contributed by atoms with van der Waals surface area (Å²) in [5, 5.41) is 5.07.